The second-order valence-corrected chi connectivity index (χ2v) is 9.68. The molecule has 0 aliphatic carbocycles. The maximum absolute atomic E-state index is 13.0. The molecule has 7 nitrogen and oxygen atoms in total. The number of sulfonamides is 1. The Kier molecular flexibility index (Phi) is 5.24. The number of aromatic amines is 1. The van der Waals surface area contributed by atoms with Gasteiger partial charge >= 0.3 is 0 Å². The molecule has 0 spiro atoms. The van der Waals surface area contributed by atoms with E-state index in [0.29, 0.717) is 24.6 Å². The van der Waals surface area contributed by atoms with Crippen molar-refractivity contribution >= 4 is 32.7 Å². The molecule has 5 rings (SSSR count). The number of hydrogen-bond acceptors (Lipinski definition) is 4. The average molecular weight is 447 g/mol. The van der Waals surface area contributed by atoms with Crippen molar-refractivity contribution in [2.45, 2.75) is 17.7 Å². The lowest BCUT2D eigenvalue weighted by Crippen LogP contribution is -2.28. The van der Waals surface area contributed by atoms with Crippen LogP contribution in [0.15, 0.2) is 77.7 Å². The molecule has 2 N–H and O–H groups in total. The number of aromatic nitrogens is 2. The minimum Gasteiger partial charge on any atom is -0.338 e. The first-order valence-electron chi connectivity index (χ1n) is 10.5. The Hall–Kier alpha value is -3.49. The molecule has 8 heteroatoms. The number of benzene rings is 3. The van der Waals surface area contributed by atoms with Crippen LogP contribution in [0.2, 0.25) is 0 Å². The summed E-state index contributed by atoms with van der Waals surface area (Å²) in [6, 6.07) is 21.3. The number of H-pyrrole nitrogens is 1. The number of nitrogens with one attached hydrogen (secondary N) is 2. The Labute approximate surface area is 186 Å². The molecule has 162 valence electrons. The number of para-hydroxylation sites is 3. The normalized spacial score (nSPS) is 14.6. The second kappa shape index (κ2) is 8.22. The van der Waals surface area contributed by atoms with Gasteiger partial charge in [-0.05, 0) is 55.3 Å². The van der Waals surface area contributed by atoms with Gasteiger partial charge in [0.15, 0.2) is 0 Å². The van der Waals surface area contributed by atoms with Gasteiger partial charge in [0.25, 0.3) is 5.91 Å². The molecule has 4 aromatic rings. The quantitative estimate of drug-likeness (QED) is 0.479. The van der Waals surface area contributed by atoms with Crippen LogP contribution in [0, 0.1) is 0 Å². The molecule has 1 aromatic heterocycles. The van der Waals surface area contributed by atoms with Crippen LogP contribution in [0.25, 0.3) is 22.4 Å². The van der Waals surface area contributed by atoms with Crippen molar-refractivity contribution < 1.29 is 13.2 Å². The largest absolute Gasteiger partial charge is 0.338 e. The summed E-state index contributed by atoms with van der Waals surface area (Å²) >= 11 is 0. The standard InChI is InChI=1S/C24H22N4O3S/c29-24(17-8-7-9-18(16-17)32(30,31)28-14-5-6-15-28)27-20-11-2-1-10-19(20)23-25-21-12-3-4-13-22(21)26-23/h1-4,7-13,16H,5-6,14-15H2,(H,25,26)(H,27,29). The molecule has 0 saturated carbocycles. The predicted molar refractivity (Wildman–Crippen MR) is 124 cm³/mol. The number of hydrogen-bond donors (Lipinski definition) is 2. The van der Waals surface area contributed by atoms with E-state index in [1.165, 1.54) is 16.4 Å². The number of carbonyl (C=O) groups is 1. The molecular formula is C24H22N4O3S. The van der Waals surface area contributed by atoms with Gasteiger partial charge in [0.2, 0.25) is 10.0 Å². The van der Waals surface area contributed by atoms with Gasteiger partial charge in [0.1, 0.15) is 5.82 Å². The first kappa shape index (κ1) is 20.4. The van der Waals surface area contributed by atoms with E-state index >= 15 is 0 Å². The topological polar surface area (TPSA) is 95.2 Å². The molecule has 32 heavy (non-hydrogen) atoms. The highest BCUT2D eigenvalue weighted by molar-refractivity contribution is 7.89. The first-order valence-corrected chi connectivity index (χ1v) is 11.9. The molecule has 1 fully saturated rings. The van der Waals surface area contributed by atoms with Crippen LogP contribution in [0.5, 0.6) is 0 Å². The minimum absolute atomic E-state index is 0.137. The van der Waals surface area contributed by atoms with Crippen LogP contribution in [-0.4, -0.2) is 41.7 Å². The van der Waals surface area contributed by atoms with E-state index in [1.54, 1.807) is 18.2 Å². The van der Waals surface area contributed by atoms with Crippen LogP contribution in [0.4, 0.5) is 5.69 Å². The van der Waals surface area contributed by atoms with E-state index < -0.39 is 10.0 Å². The van der Waals surface area contributed by atoms with Gasteiger partial charge < -0.3 is 10.3 Å². The Morgan fingerprint density at radius 3 is 2.50 bits per heavy atom. The lowest BCUT2D eigenvalue weighted by Gasteiger charge is -2.16. The third-order valence-electron chi connectivity index (χ3n) is 5.62. The summed E-state index contributed by atoms with van der Waals surface area (Å²) in [5.41, 5.74) is 3.36. The van der Waals surface area contributed by atoms with E-state index in [1.807, 2.05) is 42.5 Å². The molecule has 0 unspecified atom stereocenters. The number of anilines is 1. The van der Waals surface area contributed by atoms with Crippen molar-refractivity contribution in [3.05, 3.63) is 78.4 Å². The fraction of sp³-hybridized carbons (Fsp3) is 0.167. The molecule has 3 aromatic carbocycles. The van der Waals surface area contributed by atoms with E-state index in [4.69, 9.17) is 0 Å². The van der Waals surface area contributed by atoms with Crippen molar-refractivity contribution in [3.8, 4) is 11.4 Å². The van der Waals surface area contributed by atoms with Gasteiger partial charge in [0.05, 0.1) is 21.6 Å². The third kappa shape index (κ3) is 3.79. The SMILES string of the molecule is O=C(Nc1ccccc1-c1nc2ccccc2[nH]1)c1cccc(S(=O)(=O)N2CCCC2)c1. The van der Waals surface area contributed by atoms with Crippen molar-refractivity contribution in [1.82, 2.24) is 14.3 Å². The van der Waals surface area contributed by atoms with Gasteiger partial charge in [0, 0.05) is 24.2 Å². The highest BCUT2D eigenvalue weighted by atomic mass is 32.2. The first-order chi connectivity index (χ1) is 15.5. The van der Waals surface area contributed by atoms with Crippen LogP contribution in [0.3, 0.4) is 0 Å². The highest BCUT2D eigenvalue weighted by Gasteiger charge is 2.27. The summed E-state index contributed by atoms with van der Waals surface area (Å²) in [6.07, 6.45) is 1.72. The molecule has 2 heterocycles. The molecular weight excluding hydrogens is 424 g/mol. The number of rotatable bonds is 5. The number of nitrogens with zero attached hydrogens (tertiary/aromatic N) is 2. The molecule has 1 amide bonds. The predicted octanol–water partition coefficient (Wildman–Crippen LogP) is 4.27. The average Bonchev–Trinajstić information content (AvgIpc) is 3.50. The zero-order valence-corrected chi connectivity index (χ0v) is 18.1. The van der Waals surface area contributed by atoms with Gasteiger partial charge in [-0.25, -0.2) is 13.4 Å². The van der Waals surface area contributed by atoms with Crippen LogP contribution < -0.4 is 5.32 Å². The summed E-state index contributed by atoms with van der Waals surface area (Å²) in [5, 5.41) is 2.91. The van der Waals surface area contributed by atoms with Gasteiger partial charge in [-0.2, -0.15) is 4.31 Å². The van der Waals surface area contributed by atoms with E-state index in [0.717, 1.165) is 29.4 Å². The molecule has 1 aliphatic rings. The smallest absolute Gasteiger partial charge is 0.255 e. The number of amides is 1. The Morgan fingerprint density at radius 2 is 1.69 bits per heavy atom. The van der Waals surface area contributed by atoms with Crippen LogP contribution in [0.1, 0.15) is 23.2 Å². The van der Waals surface area contributed by atoms with Crippen molar-refractivity contribution in [1.29, 1.82) is 0 Å². The maximum atomic E-state index is 13.0. The Bertz CT molecular complexity index is 1370. The van der Waals surface area contributed by atoms with Crippen LogP contribution in [-0.2, 0) is 10.0 Å². The minimum atomic E-state index is -3.60. The van der Waals surface area contributed by atoms with E-state index in [9.17, 15) is 13.2 Å². The lowest BCUT2D eigenvalue weighted by atomic mass is 10.1. The Balaban J connectivity index is 1.44. The van der Waals surface area contributed by atoms with Gasteiger partial charge in [-0.3, -0.25) is 4.79 Å². The zero-order valence-electron chi connectivity index (χ0n) is 17.3. The van der Waals surface area contributed by atoms with Crippen molar-refractivity contribution in [3.63, 3.8) is 0 Å². The molecule has 0 atom stereocenters. The third-order valence-corrected chi connectivity index (χ3v) is 7.51. The summed E-state index contributed by atoms with van der Waals surface area (Å²) < 4.78 is 27.2. The van der Waals surface area contributed by atoms with E-state index in [2.05, 4.69) is 15.3 Å². The monoisotopic (exact) mass is 446 g/mol. The van der Waals surface area contributed by atoms with Crippen molar-refractivity contribution in [2.24, 2.45) is 0 Å². The lowest BCUT2D eigenvalue weighted by molar-refractivity contribution is 0.102. The Morgan fingerprint density at radius 1 is 0.938 bits per heavy atom. The zero-order chi connectivity index (χ0) is 22.1. The molecule has 0 radical (unpaired) electrons. The van der Waals surface area contributed by atoms with E-state index in [-0.39, 0.29) is 16.4 Å². The van der Waals surface area contributed by atoms with Gasteiger partial charge in [-0.1, -0.05) is 30.3 Å². The fourth-order valence-corrected chi connectivity index (χ4v) is 5.51. The number of fused-ring (bicyclic) bond motifs is 1. The summed E-state index contributed by atoms with van der Waals surface area (Å²) in [4.78, 5) is 21.1. The highest BCUT2D eigenvalue weighted by Crippen LogP contribution is 2.28. The molecule has 0 bridgehead atoms. The summed E-state index contributed by atoms with van der Waals surface area (Å²) in [5.74, 6) is 0.263. The van der Waals surface area contributed by atoms with Crippen molar-refractivity contribution in [2.75, 3.05) is 18.4 Å². The van der Waals surface area contributed by atoms with Gasteiger partial charge in [-0.15, -0.1) is 0 Å². The maximum Gasteiger partial charge on any atom is 0.255 e. The summed E-state index contributed by atoms with van der Waals surface area (Å²) in [7, 11) is -3.60. The number of carbonyl (C=O) groups excluding carboxylic acids is 1. The number of imidazole rings is 1. The molecule has 1 saturated heterocycles. The molecule has 1 aliphatic heterocycles. The fourth-order valence-electron chi connectivity index (χ4n) is 3.95. The summed E-state index contributed by atoms with van der Waals surface area (Å²) in [6.45, 7) is 1.03. The van der Waals surface area contributed by atoms with Crippen LogP contribution >= 0.6 is 0 Å². The second-order valence-electron chi connectivity index (χ2n) is 7.74.